The van der Waals surface area contributed by atoms with Gasteiger partial charge in [-0.2, -0.15) is 13.2 Å². The van der Waals surface area contributed by atoms with Crippen molar-refractivity contribution in [1.29, 1.82) is 0 Å². The summed E-state index contributed by atoms with van der Waals surface area (Å²) in [6, 6.07) is 1.60. The van der Waals surface area contributed by atoms with Crippen LogP contribution in [0.2, 0.25) is 0 Å². The topological polar surface area (TPSA) is 53.4 Å². The lowest BCUT2D eigenvalue weighted by Crippen LogP contribution is -2.23. The van der Waals surface area contributed by atoms with Crippen molar-refractivity contribution in [3.05, 3.63) is 23.4 Å². The van der Waals surface area contributed by atoms with Crippen molar-refractivity contribution >= 4 is 11.8 Å². The van der Waals surface area contributed by atoms with Crippen LogP contribution in [0, 0.1) is 0 Å². The number of alkyl halides is 3. The molecule has 100 valence electrons. The molecule has 0 radical (unpaired) electrons. The van der Waals surface area contributed by atoms with Crippen molar-refractivity contribution in [3.63, 3.8) is 0 Å². The normalized spacial score (nSPS) is 11.4. The molecular weight excluding hydrogens is 249 g/mol. The van der Waals surface area contributed by atoms with Gasteiger partial charge >= 0.3 is 12.1 Å². The molecule has 7 heteroatoms. The Morgan fingerprint density at radius 1 is 1.44 bits per heavy atom. The van der Waals surface area contributed by atoms with Gasteiger partial charge in [0.25, 0.3) is 0 Å². The Morgan fingerprint density at radius 2 is 2.06 bits per heavy atom. The van der Waals surface area contributed by atoms with Crippen molar-refractivity contribution in [2.45, 2.75) is 19.5 Å². The molecule has 4 nitrogen and oxygen atoms in total. The van der Waals surface area contributed by atoms with Crippen LogP contribution in [-0.4, -0.2) is 29.7 Å². The second-order valence-electron chi connectivity index (χ2n) is 3.79. The zero-order valence-electron chi connectivity index (χ0n) is 9.95. The molecule has 0 fully saturated rings. The molecule has 0 saturated carbocycles. The minimum atomic E-state index is -4.58. The number of carbonyl (C=O) groups is 1. The van der Waals surface area contributed by atoms with Gasteiger partial charge in [-0.1, -0.05) is 6.92 Å². The van der Waals surface area contributed by atoms with Gasteiger partial charge in [-0.15, -0.1) is 0 Å². The zero-order chi connectivity index (χ0) is 13.9. The number of halogens is 3. The number of anilines is 1. The number of carboxylic acids is 1. The fourth-order valence-corrected chi connectivity index (χ4v) is 1.51. The van der Waals surface area contributed by atoms with Crippen LogP contribution in [0.1, 0.15) is 29.4 Å². The molecule has 0 atom stereocenters. The van der Waals surface area contributed by atoms with Gasteiger partial charge in [-0.05, 0) is 18.6 Å². The van der Waals surface area contributed by atoms with Crippen LogP contribution in [0.5, 0.6) is 0 Å². The van der Waals surface area contributed by atoms with Crippen LogP contribution >= 0.6 is 0 Å². The molecule has 1 N–H and O–H groups in total. The van der Waals surface area contributed by atoms with E-state index < -0.39 is 17.8 Å². The third-order valence-corrected chi connectivity index (χ3v) is 2.32. The number of pyridine rings is 1. The number of rotatable bonds is 4. The van der Waals surface area contributed by atoms with Crippen LogP contribution in [0.25, 0.3) is 0 Å². The minimum Gasteiger partial charge on any atom is -0.478 e. The largest absolute Gasteiger partial charge is 0.478 e. The van der Waals surface area contributed by atoms with Crippen LogP contribution in [-0.2, 0) is 6.18 Å². The number of aromatic carboxylic acids is 1. The summed E-state index contributed by atoms with van der Waals surface area (Å²) in [5.74, 6) is -1.46. The highest BCUT2D eigenvalue weighted by atomic mass is 19.4. The van der Waals surface area contributed by atoms with Gasteiger partial charge in [0.1, 0.15) is 17.1 Å². The molecular formula is C11H13F3N2O2. The van der Waals surface area contributed by atoms with E-state index in [1.165, 1.54) is 11.9 Å². The molecule has 0 spiro atoms. The standard InChI is InChI=1S/C11H13F3N2O2/c1-3-6-16(2)9-7(10(17)18)4-5-8(15-9)11(12,13)14/h4-5H,3,6H2,1-2H3,(H,17,18). The average Bonchev–Trinajstić information content (AvgIpc) is 2.27. The van der Waals surface area contributed by atoms with Gasteiger partial charge in [0, 0.05) is 13.6 Å². The molecule has 18 heavy (non-hydrogen) atoms. The van der Waals surface area contributed by atoms with Crippen molar-refractivity contribution < 1.29 is 23.1 Å². The Hall–Kier alpha value is -1.79. The van der Waals surface area contributed by atoms with E-state index in [9.17, 15) is 18.0 Å². The fraction of sp³-hybridized carbons (Fsp3) is 0.455. The molecule has 0 aliphatic carbocycles. The first-order chi connectivity index (χ1) is 8.27. The number of hydrogen-bond acceptors (Lipinski definition) is 3. The monoisotopic (exact) mass is 262 g/mol. The Labute approximate surface area is 102 Å². The molecule has 0 aromatic carbocycles. The number of nitrogens with zero attached hydrogens (tertiary/aromatic N) is 2. The predicted octanol–water partition coefficient (Wildman–Crippen LogP) is 2.64. The molecule has 0 aliphatic rings. The Balaban J connectivity index is 3.28. The number of aromatic nitrogens is 1. The summed E-state index contributed by atoms with van der Waals surface area (Å²) in [6.07, 6.45) is -3.91. The maximum absolute atomic E-state index is 12.5. The first-order valence-corrected chi connectivity index (χ1v) is 5.30. The van der Waals surface area contributed by atoms with E-state index >= 15 is 0 Å². The zero-order valence-corrected chi connectivity index (χ0v) is 9.95. The lowest BCUT2D eigenvalue weighted by Gasteiger charge is -2.20. The number of hydrogen-bond donors (Lipinski definition) is 1. The van der Waals surface area contributed by atoms with Crippen LogP contribution in [0.15, 0.2) is 12.1 Å². The van der Waals surface area contributed by atoms with Crippen molar-refractivity contribution in [1.82, 2.24) is 4.98 Å². The second kappa shape index (κ2) is 5.24. The highest BCUT2D eigenvalue weighted by Gasteiger charge is 2.34. The molecule has 1 aromatic heterocycles. The van der Waals surface area contributed by atoms with Crippen molar-refractivity contribution in [2.24, 2.45) is 0 Å². The van der Waals surface area contributed by atoms with Gasteiger partial charge in [0.15, 0.2) is 0 Å². The van der Waals surface area contributed by atoms with Gasteiger partial charge in [-0.25, -0.2) is 9.78 Å². The molecule has 1 rings (SSSR count). The van der Waals surface area contributed by atoms with Gasteiger partial charge < -0.3 is 10.0 Å². The Morgan fingerprint density at radius 3 is 2.50 bits per heavy atom. The van der Waals surface area contributed by atoms with Crippen molar-refractivity contribution in [3.8, 4) is 0 Å². The smallest absolute Gasteiger partial charge is 0.433 e. The maximum Gasteiger partial charge on any atom is 0.433 e. The minimum absolute atomic E-state index is 0.167. The first-order valence-electron chi connectivity index (χ1n) is 5.30. The Kier molecular flexibility index (Phi) is 4.15. The molecule has 0 saturated heterocycles. The lowest BCUT2D eigenvalue weighted by molar-refractivity contribution is -0.141. The van der Waals surface area contributed by atoms with Crippen LogP contribution < -0.4 is 4.90 Å². The molecule has 1 heterocycles. The van der Waals surface area contributed by atoms with Crippen LogP contribution in [0.3, 0.4) is 0 Å². The summed E-state index contributed by atoms with van der Waals surface area (Å²) in [7, 11) is 1.51. The van der Waals surface area contributed by atoms with E-state index in [2.05, 4.69) is 4.98 Å². The van der Waals surface area contributed by atoms with E-state index in [1.807, 2.05) is 6.92 Å². The summed E-state index contributed by atoms with van der Waals surface area (Å²) in [5.41, 5.74) is -1.33. The van der Waals surface area contributed by atoms with Crippen molar-refractivity contribution in [2.75, 3.05) is 18.5 Å². The second-order valence-corrected chi connectivity index (χ2v) is 3.79. The fourth-order valence-electron chi connectivity index (χ4n) is 1.51. The van der Waals surface area contributed by atoms with Gasteiger partial charge in [-0.3, -0.25) is 0 Å². The first kappa shape index (κ1) is 14.3. The van der Waals surface area contributed by atoms with Crippen LogP contribution in [0.4, 0.5) is 19.0 Å². The third-order valence-electron chi connectivity index (χ3n) is 2.32. The van der Waals surface area contributed by atoms with E-state index in [0.717, 1.165) is 6.07 Å². The molecule has 0 aliphatic heterocycles. The third kappa shape index (κ3) is 3.12. The number of carboxylic acid groups (broad SMARTS) is 1. The predicted molar refractivity (Wildman–Crippen MR) is 59.8 cm³/mol. The highest BCUT2D eigenvalue weighted by Crippen LogP contribution is 2.30. The van der Waals surface area contributed by atoms with E-state index in [4.69, 9.17) is 5.11 Å². The summed E-state index contributed by atoms with van der Waals surface area (Å²) >= 11 is 0. The summed E-state index contributed by atoms with van der Waals surface area (Å²) in [6.45, 7) is 2.26. The summed E-state index contributed by atoms with van der Waals surface area (Å²) in [4.78, 5) is 15.7. The van der Waals surface area contributed by atoms with Gasteiger partial charge in [0.05, 0.1) is 0 Å². The SMILES string of the molecule is CCCN(C)c1nc(C(F)(F)F)ccc1C(=O)O. The van der Waals surface area contributed by atoms with E-state index in [0.29, 0.717) is 19.0 Å². The van der Waals surface area contributed by atoms with Gasteiger partial charge in [0.2, 0.25) is 0 Å². The molecule has 0 unspecified atom stereocenters. The summed E-state index contributed by atoms with van der Waals surface area (Å²) < 4.78 is 37.6. The average molecular weight is 262 g/mol. The molecule has 0 bridgehead atoms. The highest BCUT2D eigenvalue weighted by molar-refractivity contribution is 5.93. The quantitative estimate of drug-likeness (QED) is 0.906. The Bertz CT molecular complexity index is 446. The molecule has 1 aromatic rings. The van der Waals surface area contributed by atoms with E-state index in [-0.39, 0.29) is 11.4 Å². The van der Waals surface area contributed by atoms with E-state index in [1.54, 1.807) is 0 Å². The summed E-state index contributed by atoms with van der Waals surface area (Å²) in [5, 5.41) is 8.93. The molecule has 0 amide bonds. The maximum atomic E-state index is 12.5. The lowest BCUT2D eigenvalue weighted by atomic mass is 10.2.